The zero-order valence-corrected chi connectivity index (χ0v) is 10.2. The summed E-state index contributed by atoms with van der Waals surface area (Å²) in [6.07, 6.45) is 6.04. The van der Waals surface area contributed by atoms with Crippen LogP contribution in [0.2, 0.25) is 0 Å². The van der Waals surface area contributed by atoms with Crippen molar-refractivity contribution < 1.29 is 8.42 Å². The molecule has 0 bridgehead atoms. The van der Waals surface area contributed by atoms with Crippen molar-refractivity contribution in [2.24, 2.45) is 11.7 Å². The topological polar surface area (TPSA) is 72.2 Å². The Morgan fingerprint density at radius 1 is 1.33 bits per heavy atom. The van der Waals surface area contributed by atoms with E-state index in [0.29, 0.717) is 5.92 Å². The van der Waals surface area contributed by atoms with Crippen LogP contribution in [0.15, 0.2) is 0 Å². The number of sulfonamides is 1. The smallest absolute Gasteiger partial charge is 0.213 e. The van der Waals surface area contributed by atoms with E-state index in [4.69, 9.17) is 5.73 Å². The van der Waals surface area contributed by atoms with Crippen LogP contribution in [-0.2, 0) is 10.0 Å². The van der Waals surface area contributed by atoms with Gasteiger partial charge in [0, 0.05) is 12.6 Å². The maximum Gasteiger partial charge on any atom is 0.213 e. The molecule has 0 aromatic carbocycles. The lowest BCUT2D eigenvalue weighted by molar-refractivity contribution is 0.303. The average molecular weight is 234 g/mol. The Bertz CT molecular complexity index is 271. The SMILES string of the molecule is CC(NS(=O)(=O)CCN)C1CCCCC1. The van der Waals surface area contributed by atoms with Gasteiger partial charge in [0.25, 0.3) is 0 Å². The zero-order chi connectivity index (χ0) is 11.3. The molecule has 1 fully saturated rings. The van der Waals surface area contributed by atoms with Crippen molar-refractivity contribution in [2.45, 2.75) is 45.1 Å². The van der Waals surface area contributed by atoms with E-state index in [9.17, 15) is 8.42 Å². The molecule has 0 radical (unpaired) electrons. The van der Waals surface area contributed by atoms with Gasteiger partial charge in [0.2, 0.25) is 10.0 Å². The summed E-state index contributed by atoms with van der Waals surface area (Å²) in [6, 6.07) is 0.0573. The predicted molar refractivity (Wildman–Crippen MR) is 62.0 cm³/mol. The number of nitrogens with one attached hydrogen (secondary N) is 1. The van der Waals surface area contributed by atoms with Gasteiger partial charge in [0.15, 0.2) is 0 Å². The Balaban J connectivity index is 2.43. The quantitative estimate of drug-likeness (QED) is 0.740. The van der Waals surface area contributed by atoms with E-state index in [2.05, 4.69) is 4.72 Å². The Kier molecular flexibility index (Phi) is 5.02. The van der Waals surface area contributed by atoms with Crippen LogP contribution < -0.4 is 10.5 Å². The molecule has 0 amide bonds. The Hall–Kier alpha value is -0.130. The molecule has 1 unspecified atom stereocenters. The minimum absolute atomic E-state index is 0.0318. The van der Waals surface area contributed by atoms with Gasteiger partial charge in [0.1, 0.15) is 0 Å². The third-order valence-corrected chi connectivity index (χ3v) is 4.61. The zero-order valence-electron chi connectivity index (χ0n) is 9.41. The molecule has 0 spiro atoms. The van der Waals surface area contributed by atoms with E-state index in [1.165, 1.54) is 19.3 Å². The van der Waals surface area contributed by atoms with Crippen LogP contribution in [0.25, 0.3) is 0 Å². The summed E-state index contributed by atoms with van der Waals surface area (Å²) in [7, 11) is -3.16. The third-order valence-electron chi connectivity index (χ3n) is 3.11. The minimum Gasteiger partial charge on any atom is -0.329 e. The first-order valence-electron chi connectivity index (χ1n) is 5.75. The van der Waals surface area contributed by atoms with E-state index in [0.717, 1.165) is 12.8 Å². The number of rotatable bonds is 5. The highest BCUT2D eigenvalue weighted by Crippen LogP contribution is 2.26. The standard InChI is InChI=1S/C10H22N2O2S/c1-9(10-5-3-2-4-6-10)12-15(13,14)8-7-11/h9-10,12H,2-8,11H2,1H3. The summed E-state index contributed by atoms with van der Waals surface area (Å²) in [5.41, 5.74) is 5.25. The Morgan fingerprint density at radius 3 is 2.47 bits per heavy atom. The molecule has 5 heteroatoms. The van der Waals surface area contributed by atoms with E-state index in [-0.39, 0.29) is 18.3 Å². The monoisotopic (exact) mass is 234 g/mol. The molecule has 1 aliphatic rings. The molecule has 1 aliphatic carbocycles. The summed E-state index contributed by atoms with van der Waals surface area (Å²) in [5.74, 6) is 0.538. The summed E-state index contributed by atoms with van der Waals surface area (Å²) < 4.78 is 25.7. The molecule has 0 aromatic heterocycles. The molecule has 0 heterocycles. The first-order chi connectivity index (χ1) is 7.05. The van der Waals surface area contributed by atoms with Gasteiger partial charge in [-0.3, -0.25) is 0 Å². The second kappa shape index (κ2) is 5.82. The number of hydrogen-bond acceptors (Lipinski definition) is 3. The van der Waals surface area contributed by atoms with Gasteiger partial charge < -0.3 is 5.73 Å². The fourth-order valence-corrected chi connectivity index (χ4v) is 3.41. The minimum atomic E-state index is -3.16. The molecule has 1 saturated carbocycles. The first kappa shape index (κ1) is 12.9. The summed E-state index contributed by atoms with van der Waals surface area (Å²) in [6.45, 7) is 2.15. The molecule has 90 valence electrons. The molecule has 4 nitrogen and oxygen atoms in total. The van der Waals surface area contributed by atoms with Gasteiger partial charge >= 0.3 is 0 Å². The van der Waals surface area contributed by atoms with Gasteiger partial charge in [-0.1, -0.05) is 19.3 Å². The van der Waals surface area contributed by atoms with Crippen molar-refractivity contribution in [1.82, 2.24) is 4.72 Å². The van der Waals surface area contributed by atoms with Crippen LogP contribution >= 0.6 is 0 Å². The molecule has 0 aromatic rings. The molecule has 1 rings (SSSR count). The highest BCUT2D eigenvalue weighted by molar-refractivity contribution is 7.89. The second-order valence-corrected chi connectivity index (χ2v) is 6.29. The van der Waals surface area contributed by atoms with Gasteiger partial charge in [-0.15, -0.1) is 0 Å². The van der Waals surface area contributed by atoms with Crippen molar-refractivity contribution in [2.75, 3.05) is 12.3 Å². The predicted octanol–water partition coefficient (Wildman–Crippen LogP) is 0.833. The Labute approximate surface area is 92.7 Å². The fourth-order valence-electron chi connectivity index (χ4n) is 2.23. The van der Waals surface area contributed by atoms with E-state index >= 15 is 0 Å². The van der Waals surface area contributed by atoms with Crippen LogP contribution in [0.3, 0.4) is 0 Å². The van der Waals surface area contributed by atoms with Crippen LogP contribution in [0.1, 0.15) is 39.0 Å². The highest BCUT2D eigenvalue weighted by Gasteiger charge is 2.23. The molecular weight excluding hydrogens is 212 g/mol. The second-order valence-electron chi connectivity index (χ2n) is 4.41. The lowest BCUT2D eigenvalue weighted by atomic mass is 9.85. The molecule has 3 N–H and O–H groups in total. The number of nitrogens with two attached hydrogens (primary N) is 1. The Morgan fingerprint density at radius 2 is 1.93 bits per heavy atom. The summed E-state index contributed by atoms with van der Waals surface area (Å²) in [4.78, 5) is 0. The summed E-state index contributed by atoms with van der Waals surface area (Å²) >= 11 is 0. The maximum absolute atomic E-state index is 11.5. The maximum atomic E-state index is 11.5. The molecule has 0 aliphatic heterocycles. The van der Waals surface area contributed by atoms with Crippen LogP contribution in [-0.4, -0.2) is 26.8 Å². The van der Waals surface area contributed by atoms with Crippen LogP contribution in [0.4, 0.5) is 0 Å². The van der Waals surface area contributed by atoms with Gasteiger partial charge in [-0.2, -0.15) is 0 Å². The molecular formula is C10H22N2O2S. The fraction of sp³-hybridized carbons (Fsp3) is 1.00. The lowest BCUT2D eigenvalue weighted by Crippen LogP contribution is -2.41. The highest BCUT2D eigenvalue weighted by atomic mass is 32.2. The van der Waals surface area contributed by atoms with Crippen molar-refractivity contribution in [1.29, 1.82) is 0 Å². The van der Waals surface area contributed by atoms with E-state index in [1.54, 1.807) is 0 Å². The lowest BCUT2D eigenvalue weighted by Gasteiger charge is -2.28. The normalized spacial score (nSPS) is 21.5. The number of hydrogen-bond donors (Lipinski definition) is 2. The van der Waals surface area contributed by atoms with E-state index < -0.39 is 10.0 Å². The summed E-state index contributed by atoms with van der Waals surface area (Å²) in [5, 5.41) is 0. The largest absolute Gasteiger partial charge is 0.329 e. The third kappa shape index (κ3) is 4.49. The molecule has 15 heavy (non-hydrogen) atoms. The molecule has 0 saturated heterocycles. The van der Waals surface area contributed by atoms with Crippen LogP contribution in [0.5, 0.6) is 0 Å². The van der Waals surface area contributed by atoms with Crippen molar-refractivity contribution in [3.63, 3.8) is 0 Å². The van der Waals surface area contributed by atoms with Crippen molar-refractivity contribution in [3.8, 4) is 0 Å². The van der Waals surface area contributed by atoms with Crippen LogP contribution in [0, 0.1) is 5.92 Å². The van der Waals surface area contributed by atoms with Gasteiger partial charge in [0.05, 0.1) is 5.75 Å². The van der Waals surface area contributed by atoms with Gasteiger partial charge in [-0.25, -0.2) is 13.1 Å². The van der Waals surface area contributed by atoms with Crippen molar-refractivity contribution >= 4 is 10.0 Å². The average Bonchev–Trinajstić information content (AvgIpc) is 2.18. The first-order valence-corrected chi connectivity index (χ1v) is 7.40. The molecule has 1 atom stereocenters. The van der Waals surface area contributed by atoms with E-state index in [1.807, 2.05) is 6.92 Å². The van der Waals surface area contributed by atoms with Crippen molar-refractivity contribution in [3.05, 3.63) is 0 Å². The van der Waals surface area contributed by atoms with Gasteiger partial charge in [-0.05, 0) is 25.7 Å².